The summed E-state index contributed by atoms with van der Waals surface area (Å²) in [5, 5.41) is 12.5. The average Bonchev–Trinajstić information content (AvgIpc) is 2.19. The first-order chi connectivity index (χ1) is 4.92. The molecule has 1 heterocycles. The van der Waals surface area contributed by atoms with E-state index >= 15 is 0 Å². The van der Waals surface area contributed by atoms with Gasteiger partial charge in [0.15, 0.2) is 0 Å². The Morgan fingerprint density at radius 2 is 2.30 bits per heavy atom. The number of hydrogen-bond acceptors (Lipinski definition) is 2. The fourth-order valence-corrected chi connectivity index (χ4v) is 2.44. The zero-order valence-electron chi connectivity index (χ0n) is 6.21. The summed E-state index contributed by atoms with van der Waals surface area (Å²) in [6.07, 6.45) is 3.97. The lowest BCUT2D eigenvalue weighted by molar-refractivity contribution is 0.154. The summed E-state index contributed by atoms with van der Waals surface area (Å²) in [6, 6.07) is 0.642. The Morgan fingerprint density at radius 3 is 2.90 bits per heavy atom. The molecule has 0 unspecified atom stereocenters. The molecule has 0 aromatic rings. The van der Waals surface area contributed by atoms with Crippen molar-refractivity contribution in [3.05, 3.63) is 0 Å². The maximum atomic E-state index is 9.03. The third kappa shape index (κ3) is 0.867. The topological polar surface area (TPSA) is 32.3 Å². The van der Waals surface area contributed by atoms with Crippen molar-refractivity contribution in [2.45, 2.75) is 25.3 Å². The Bertz CT molecular complexity index is 110. The average molecular weight is 141 g/mol. The first kappa shape index (κ1) is 6.62. The highest BCUT2D eigenvalue weighted by Gasteiger charge is 2.37. The maximum Gasteiger partial charge on any atom is 0.0477 e. The van der Waals surface area contributed by atoms with Crippen LogP contribution < -0.4 is 5.32 Å². The van der Waals surface area contributed by atoms with Gasteiger partial charge in [-0.15, -0.1) is 0 Å². The van der Waals surface area contributed by atoms with Gasteiger partial charge in [-0.2, -0.15) is 0 Å². The van der Waals surface area contributed by atoms with Gasteiger partial charge in [-0.3, -0.25) is 0 Å². The van der Waals surface area contributed by atoms with Crippen LogP contribution in [0.5, 0.6) is 0 Å². The summed E-state index contributed by atoms with van der Waals surface area (Å²) in [5.74, 6) is 1.36. The molecule has 2 bridgehead atoms. The normalized spacial score (nSPS) is 45.9. The van der Waals surface area contributed by atoms with Crippen LogP contribution in [-0.4, -0.2) is 24.3 Å². The lowest BCUT2D eigenvalue weighted by Gasteiger charge is -2.26. The van der Waals surface area contributed by atoms with Crippen molar-refractivity contribution in [1.82, 2.24) is 5.32 Å². The molecule has 0 aromatic carbocycles. The van der Waals surface area contributed by atoms with Crippen LogP contribution in [0.2, 0.25) is 0 Å². The zero-order valence-corrected chi connectivity index (χ0v) is 6.21. The Morgan fingerprint density at radius 1 is 1.40 bits per heavy atom. The molecule has 2 rings (SSSR count). The molecule has 2 aliphatic rings. The van der Waals surface area contributed by atoms with E-state index < -0.39 is 0 Å². The smallest absolute Gasteiger partial charge is 0.0477 e. The van der Waals surface area contributed by atoms with E-state index in [1.165, 1.54) is 19.3 Å². The number of rotatable bonds is 1. The molecule has 2 heteroatoms. The molecule has 1 saturated heterocycles. The third-order valence-electron chi connectivity index (χ3n) is 3.07. The van der Waals surface area contributed by atoms with Crippen molar-refractivity contribution in [1.29, 1.82) is 0 Å². The molecule has 0 aromatic heterocycles. The molecule has 2 N–H and O–H groups in total. The van der Waals surface area contributed by atoms with Crippen LogP contribution in [0.15, 0.2) is 0 Å². The Hall–Kier alpha value is -0.0800. The van der Waals surface area contributed by atoms with Gasteiger partial charge in [0.1, 0.15) is 0 Å². The molecular weight excluding hydrogens is 126 g/mol. The molecule has 0 amide bonds. The Balaban J connectivity index is 2.06. The third-order valence-corrected chi connectivity index (χ3v) is 3.07. The minimum atomic E-state index is 0.391. The van der Waals surface area contributed by atoms with Gasteiger partial charge in [0.2, 0.25) is 0 Å². The van der Waals surface area contributed by atoms with E-state index in [0.29, 0.717) is 18.6 Å². The molecule has 3 atom stereocenters. The second kappa shape index (κ2) is 2.51. The highest BCUT2D eigenvalue weighted by atomic mass is 16.3. The summed E-state index contributed by atoms with van der Waals surface area (Å²) in [6.45, 7) is 1.54. The van der Waals surface area contributed by atoms with Crippen molar-refractivity contribution in [2.75, 3.05) is 13.2 Å². The Labute approximate surface area is 61.6 Å². The van der Waals surface area contributed by atoms with E-state index in [1.54, 1.807) is 0 Å². The minimum Gasteiger partial charge on any atom is -0.396 e. The van der Waals surface area contributed by atoms with E-state index in [9.17, 15) is 0 Å². The summed E-state index contributed by atoms with van der Waals surface area (Å²) in [4.78, 5) is 0. The molecule has 2 nitrogen and oxygen atoms in total. The number of fused-ring (bicyclic) bond motifs is 2. The van der Waals surface area contributed by atoms with Gasteiger partial charge in [-0.25, -0.2) is 0 Å². The molecule has 10 heavy (non-hydrogen) atoms. The van der Waals surface area contributed by atoms with Gasteiger partial charge in [0, 0.05) is 18.6 Å². The number of aliphatic hydroxyl groups is 1. The first-order valence-corrected chi connectivity index (χ1v) is 4.26. The maximum absolute atomic E-state index is 9.03. The van der Waals surface area contributed by atoms with E-state index in [4.69, 9.17) is 5.11 Å². The molecule has 0 spiro atoms. The van der Waals surface area contributed by atoms with Crippen molar-refractivity contribution in [2.24, 2.45) is 11.8 Å². The molecule has 2 fully saturated rings. The summed E-state index contributed by atoms with van der Waals surface area (Å²) < 4.78 is 0. The van der Waals surface area contributed by atoms with Crippen molar-refractivity contribution < 1.29 is 5.11 Å². The van der Waals surface area contributed by atoms with E-state index in [1.807, 2.05) is 0 Å². The summed E-state index contributed by atoms with van der Waals surface area (Å²) >= 11 is 0. The standard InChI is InChI=1S/C8H15NO/c10-5-7-6-2-1-3-8(7)9-4-6/h6-10H,1-5H2/t6-,7+,8-/m0/s1. The fraction of sp³-hybridized carbons (Fsp3) is 1.00. The van der Waals surface area contributed by atoms with Crippen LogP contribution in [0.3, 0.4) is 0 Å². The molecule has 1 saturated carbocycles. The van der Waals surface area contributed by atoms with Crippen molar-refractivity contribution >= 4 is 0 Å². The summed E-state index contributed by atoms with van der Waals surface area (Å²) in [5.41, 5.74) is 0. The second-order valence-corrected chi connectivity index (χ2v) is 3.55. The summed E-state index contributed by atoms with van der Waals surface area (Å²) in [7, 11) is 0. The number of nitrogens with one attached hydrogen (secondary N) is 1. The van der Waals surface area contributed by atoms with Crippen LogP contribution in [-0.2, 0) is 0 Å². The lowest BCUT2D eigenvalue weighted by Crippen LogP contribution is -2.32. The van der Waals surface area contributed by atoms with Crippen LogP contribution in [0.4, 0.5) is 0 Å². The fourth-order valence-electron chi connectivity index (χ4n) is 2.44. The van der Waals surface area contributed by atoms with E-state index in [-0.39, 0.29) is 0 Å². The molecule has 0 radical (unpaired) electrons. The molecule has 58 valence electrons. The van der Waals surface area contributed by atoms with E-state index in [0.717, 1.165) is 12.5 Å². The van der Waals surface area contributed by atoms with Crippen molar-refractivity contribution in [3.63, 3.8) is 0 Å². The minimum absolute atomic E-state index is 0.391. The van der Waals surface area contributed by atoms with E-state index in [2.05, 4.69) is 5.32 Å². The van der Waals surface area contributed by atoms with Gasteiger partial charge in [-0.05, 0) is 25.3 Å². The predicted molar refractivity (Wildman–Crippen MR) is 39.7 cm³/mol. The zero-order chi connectivity index (χ0) is 6.97. The molecule has 1 aliphatic carbocycles. The SMILES string of the molecule is OC[C@@H]1[C@H]2CCC[C@@H]1NC2. The van der Waals surface area contributed by atoms with Crippen LogP contribution in [0.1, 0.15) is 19.3 Å². The lowest BCUT2D eigenvalue weighted by atomic mass is 9.80. The highest BCUT2D eigenvalue weighted by molar-refractivity contribution is 4.93. The van der Waals surface area contributed by atoms with Gasteiger partial charge in [-0.1, -0.05) is 6.42 Å². The van der Waals surface area contributed by atoms with Gasteiger partial charge >= 0.3 is 0 Å². The quantitative estimate of drug-likeness (QED) is 0.553. The second-order valence-electron chi connectivity index (χ2n) is 3.55. The monoisotopic (exact) mass is 141 g/mol. The van der Waals surface area contributed by atoms with Crippen LogP contribution in [0, 0.1) is 11.8 Å². The van der Waals surface area contributed by atoms with Gasteiger partial charge in [0.05, 0.1) is 0 Å². The van der Waals surface area contributed by atoms with Crippen molar-refractivity contribution in [3.8, 4) is 0 Å². The molecular formula is C8H15NO. The largest absolute Gasteiger partial charge is 0.396 e. The van der Waals surface area contributed by atoms with Gasteiger partial charge < -0.3 is 10.4 Å². The van der Waals surface area contributed by atoms with Gasteiger partial charge in [0.25, 0.3) is 0 Å². The number of hydrogen-bond donors (Lipinski definition) is 2. The number of aliphatic hydroxyl groups excluding tert-OH is 1. The van der Waals surface area contributed by atoms with Crippen LogP contribution >= 0.6 is 0 Å². The Kier molecular flexibility index (Phi) is 1.66. The predicted octanol–water partition coefficient (Wildman–Crippen LogP) is 0.367. The highest BCUT2D eigenvalue weighted by Crippen LogP contribution is 2.34. The van der Waals surface area contributed by atoms with Crippen LogP contribution in [0.25, 0.3) is 0 Å². The first-order valence-electron chi connectivity index (χ1n) is 4.26. The molecule has 1 aliphatic heterocycles.